The first-order valence-corrected chi connectivity index (χ1v) is 4.26. The minimum absolute atomic E-state index is 0.495. The number of nitrogens with one attached hydrogen (secondary N) is 1. The largest absolute Gasteiger partial charge is 0.441 e. The van der Waals surface area contributed by atoms with Gasteiger partial charge in [-0.05, 0) is 32.2 Å². The number of rotatable bonds is 4. The van der Waals surface area contributed by atoms with Crippen LogP contribution in [0.2, 0.25) is 0 Å². The van der Waals surface area contributed by atoms with Crippen molar-refractivity contribution in [2.45, 2.75) is 39.7 Å². The maximum atomic E-state index is 10.7. The van der Waals surface area contributed by atoms with Crippen LogP contribution in [-0.2, 0) is 14.8 Å². The third kappa shape index (κ3) is 9.10. The van der Waals surface area contributed by atoms with Gasteiger partial charge in [-0.25, -0.2) is 9.68 Å². The van der Waals surface area contributed by atoms with Crippen molar-refractivity contribution in [3.8, 4) is 0 Å². The normalized spacial score (nSPS) is 11.1. The SMILES string of the molecule is CCCNC(=O)OOOC(C)(C)C. The van der Waals surface area contributed by atoms with E-state index in [-0.39, 0.29) is 0 Å². The smallest absolute Gasteiger partial charge is 0.319 e. The summed E-state index contributed by atoms with van der Waals surface area (Å²) in [6.07, 6.45) is 0.195. The van der Waals surface area contributed by atoms with Crippen molar-refractivity contribution in [1.82, 2.24) is 5.32 Å². The van der Waals surface area contributed by atoms with Gasteiger partial charge in [-0.3, -0.25) is 0 Å². The summed E-state index contributed by atoms with van der Waals surface area (Å²) in [4.78, 5) is 19.7. The molecule has 5 heteroatoms. The lowest BCUT2D eigenvalue weighted by atomic mass is 10.2. The molecule has 0 rings (SSSR count). The van der Waals surface area contributed by atoms with Crippen LogP contribution in [0, 0.1) is 0 Å². The van der Waals surface area contributed by atoms with Crippen LogP contribution < -0.4 is 5.32 Å². The summed E-state index contributed by atoms with van der Waals surface area (Å²) in [5, 5.41) is 6.70. The molecule has 1 N–H and O–H groups in total. The highest BCUT2D eigenvalue weighted by Gasteiger charge is 2.13. The molecule has 0 saturated carbocycles. The van der Waals surface area contributed by atoms with Crippen LogP contribution in [-0.4, -0.2) is 18.2 Å². The van der Waals surface area contributed by atoms with Gasteiger partial charge in [-0.2, -0.15) is 4.89 Å². The maximum absolute atomic E-state index is 10.7. The summed E-state index contributed by atoms with van der Waals surface area (Å²) < 4.78 is 0. The second kappa shape index (κ2) is 5.77. The third-order valence-corrected chi connectivity index (χ3v) is 0.913. The van der Waals surface area contributed by atoms with Gasteiger partial charge in [-0.15, -0.1) is 0 Å². The van der Waals surface area contributed by atoms with Gasteiger partial charge >= 0.3 is 6.09 Å². The molecule has 1 amide bonds. The minimum atomic E-state index is -0.647. The van der Waals surface area contributed by atoms with E-state index in [1.807, 2.05) is 6.92 Å². The summed E-state index contributed by atoms with van der Waals surface area (Å²) in [6, 6.07) is 0. The molecule has 0 aromatic rings. The molecule has 0 aromatic carbocycles. The average Bonchev–Trinajstić information content (AvgIpc) is 1.98. The van der Waals surface area contributed by atoms with Gasteiger partial charge < -0.3 is 5.32 Å². The molecule has 0 bridgehead atoms. The van der Waals surface area contributed by atoms with Gasteiger partial charge in [-0.1, -0.05) is 6.92 Å². The summed E-state index contributed by atoms with van der Waals surface area (Å²) in [7, 11) is 0. The second-order valence-electron chi connectivity index (χ2n) is 3.56. The highest BCUT2D eigenvalue weighted by molar-refractivity contribution is 5.66. The summed E-state index contributed by atoms with van der Waals surface area (Å²) in [6.45, 7) is 7.82. The van der Waals surface area contributed by atoms with E-state index in [0.29, 0.717) is 6.54 Å². The van der Waals surface area contributed by atoms with Crippen LogP contribution in [0.5, 0.6) is 0 Å². The van der Waals surface area contributed by atoms with Crippen molar-refractivity contribution >= 4 is 6.09 Å². The average molecular weight is 191 g/mol. The van der Waals surface area contributed by atoms with E-state index in [2.05, 4.69) is 15.2 Å². The zero-order valence-corrected chi connectivity index (χ0v) is 8.55. The third-order valence-electron chi connectivity index (χ3n) is 0.913. The molecule has 0 unspecified atom stereocenters. The topological polar surface area (TPSA) is 56.8 Å². The molecular weight excluding hydrogens is 174 g/mol. The molecule has 0 aliphatic carbocycles. The molecule has 0 fully saturated rings. The lowest BCUT2D eigenvalue weighted by molar-refractivity contribution is -0.510. The van der Waals surface area contributed by atoms with Crippen molar-refractivity contribution < 1.29 is 19.6 Å². The number of hydrogen-bond donors (Lipinski definition) is 1. The zero-order chi connectivity index (χ0) is 10.3. The van der Waals surface area contributed by atoms with Crippen LogP contribution in [0.25, 0.3) is 0 Å². The van der Waals surface area contributed by atoms with Gasteiger partial charge in [0.1, 0.15) is 0 Å². The molecule has 78 valence electrons. The molecule has 0 aliphatic heterocycles. The molecule has 0 atom stereocenters. The number of amides is 1. The highest BCUT2D eigenvalue weighted by Crippen LogP contribution is 2.06. The first kappa shape index (κ1) is 12.2. The van der Waals surface area contributed by atoms with Crippen molar-refractivity contribution in [3.63, 3.8) is 0 Å². The van der Waals surface area contributed by atoms with Crippen molar-refractivity contribution in [2.75, 3.05) is 6.54 Å². The molecule has 5 nitrogen and oxygen atoms in total. The lowest BCUT2D eigenvalue weighted by Gasteiger charge is -2.15. The Labute approximate surface area is 78.2 Å². The van der Waals surface area contributed by atoms with E-state index in [9.17, 15) is 4.79 Å². The van der Waals surface area contributed by atoms with Gasteiger partial charge in [0.2, 0.25) is 0 Å². The summed E-state index contributed by atoms with van der Waals surface area (Å²) >= 11 is 0. The maximum Gasteiger partial charge on any atom is 0.441 e. The minimum Gasteiger partial charge on any atom is -0.319 e. The fraction of sp³-hybridized carbons (Fsp3) is 0.875. The molecule has 0 saturated heterocycles. The van der Waals surface area contributed by atoms with E-state index in [1.165, 1.54) is 0 Å². The molecule has 0 aromatic heterocycles. The Kier molecular flexibility index (Phi) is 5.41. The standard InChI is InChI=1S/C8H17NO4/c1-5-6-9-7(10)11-13-12-8(2,3)4/h5-6H2,1-4H3,(H,9,10). The zero-order valence-electron chi connectivity index (χ0n) is 8.55. The van der Waals surface area contributed by atoms with Crippen molar-refractivity contribution in [3.05, 3.63) is 0 Å². The first-order valence-electron chi connectivity index (χ1n) is 4.26. The Hall–Kier alpha value is -0.810. The molecule has 0 aliphatic rings. The highest BCUT2D eigenvalue weighted by atomic mass is 17.5. The van der Waals surface area contributed by atoms with Gasteiger partial charge in [0.15, 0.2) is 0 Å². The van der Waals surface area contributed by atoms with Gasteiger partial charge in [0.25, 0.3) is 0 Å². The van der Waals surface area contributed by atoms with E-state index >= 15 is 0 Å². The molecule has 13 heavy (non-hydrogen) atoms. The van der Waals surface area contributed by atoms with Crippen molar-refractivity contribution in [1.29, 1.82) is 0 Å². The van der Waals surface area contributed by atoms with Crippen molar-refractivity contribution in [2.24, 2.45) is 0 Å². The van der Waals surface area contributed by atoms with E-state index in [0.717, 1.165) is 6.42 Å². The lowest BCUT2D eigenvalue weighted by Crippen LogP contribution is -2.27. The van der Waals surface area contributed by atoms with Gasteiger partial charge in [0.05, 0.1) is 5.60 Å². The number of hydrogen-bond acceptors (Lipinski definition) is 4. The Bertz CT molecular complexity index is 153. The van der Waals surface area contributed by atoms with Crippen LogP contribution >= 0.6 is 0 Å². The Balaban J connectivity index is 3.37. The number of carbonyl (C=O) groups excluding carboxylic acids is 1. The van der Waals surface area contributed by atoms with Crippen LogP contribution in [0.15, 0.2) is 0 Å². The number of carbonyl (C=O) groups is 1. The molecule has 0 spiro atoms. The first-order chi connectivity index (χ1) is 5.95. The molecular formula is C8H17NO4. The fourth-order valence-corrected chi connectivity index (χ4v) is 0.406. The van der Waals surface area contributed by atoms with Crippen LogP contribution in [0.3, 0.4) is 0 Å². The monoisotopic (exact) mass is 191 g/mol. The summed E-state index contributed by atoms with van der Waals surface area (Å²) in [5.74, 6) is 0. The quantitative estimate of drug-likeness (QED) is 0.543. The Morgan fingerprint density at radius 3 is 2.46 bits per heavy atom. The Morgan fingerprint density at radius 2 is 2.00 bits per heavy atom. The second-order valence-corrected chi connectivity index (χ2v) is 3.56. The van der Waals surface area contributed by atoms with E-state index in [4.69, 9.17) is 4.89 Å². The van der Waals surface area contributed by atoms with E-state index in [1.54, 1.807) is 20.8 Å². The predicted octanol–water partition coefficient (Wildman–Crippen LogP) is 1.78. The Morgan fingerprint density at radius 1 is 1.38 bits per heavy atom. The fourth-order valence-electron chi connectivity index (χ4n) is 0.406. The predicted molar refractivity (Wildman–Crippen MR) is 46.7 cm³/mol. The molecule has 0 heterocycles. The van der Waals surface area contributed by atoms with Crippen LogP contribution in [0.4, 0.5) is 4.79 Å². The van der Waals surface area contributed by atoms with Crippen LogP contribution in [0.1, 0.15) is 34.1 Å². The summed E-state index contributed by atoms with van der Waals surface area (Å²) in [5.41, 5.74) is -0.495. The van der Waals surface area contributed by atoms with E-state index < -0.39 is 11.7 Å². The van der Waals surface area contributed by atoms with Gasteiger partial charge in [0, 0.05) is 6.54 Å². The molecule has 0 radical (unpaired) electrons.